The number of nitrogens with zero attached hydrogens (tertiary/aromatic N) is 2. The number of carbonyl (C=O) groups excluding carboxylic acids is 1. The number of pyridine rings is 1. The van der Waals surface area contributed by atoms with Crippen LogP contribution < -0.4 is 5.56 Å². The number of aromatic carboxylic acids is 1. The van der Waals surface area contributed by atoms with Crippen molar-refractivity contribution in [2.45, 2.75) is 38.7 Å². The van der Waals surface area contributed by atoms with E-state index < -0.39 is 34.6 Å². The number of hydrogen-bond acceptors (Lipinski definition) is 4. The first kappa shape index (κ1) is 22.1. The smallest absolute Gasteiger partial charge is 0.416 e. The molecular weight excluding hydrogens is 417 g/mol. The van der Waals surface area contributed by atoms with E-state index in [0.717, 1.165) is 16.7 Å². The lowest BCUT2D eigenvalue weighted by molar-refractivity contribution is -0.137. The van der Waals surface area contributed by atoms with Crippen molar-refractivity contribution in [1.82, 2.24) is 9.47 Å². The first-order valence-electron chi connectivity index (χ1n) is 9.30. The van der Waals surface area contributed by atoms with Crippen LogP contribution in [0, 0.1) is 0 Å². The first-order chi connectivity index (χ1) is 14.5. The summed E-state index contributed by atoms with van der Waals surface area (Å²) in [6.45, 7) is 3.22. The number of carboxylic acid groups (broad SMARTS) is 1. The van der Waals surface area contributed by atoms with E-state index in [1.54, 1.807) is 6.08 Å². The van der Waals surface area contributed by atoms with Crippen LogP contribution >= 0.6 is 0 Å². The van der Waals surface area contributed by atoms with E-state index in [1.165, 1.54) is 17.0 Å². The fourth-order valence-corrected chi connectivity index (χ4v) is 3.49. The van der Waals surface area contributed by atoms with Gasteiger partial charge < -0.3 is 19.7 Å². The topological polar surface area (TPSA) is 99.8 Å². The molecule has 3 rings (SSSR count). The molecule has 0 saturated heterocycles. The normalized spacial score (nSPS) is 13.2. The number of allylic oxidation sites excluding steroid dienone is 1. The Morgan fingerprint density at radius 3 is 2.35 bits per heavy atom. The fourth-order valence-electron chi connectivity index (χ4n) is 3.49. The van der Waals surface area contributed by atoms with Gasteiger partial charge in [-0.1, -0.05) is 18.2 Å². The summed E-state index contributed by atoms with van der Waals surface area (Å²) in [5.74, 6) is -2.60. The molecule has 10 heteroatoms. The van der Waals surface area contributed by atoms with Crippen LogP contribution in [0.4, 0.5) is 13.2 Å². The second kappa shape index (κ2) is 8.29. The van der Waals surface area contributed by atoms with E-state index in [1.807, 2.05) is 0 Å². The Bertz CT molecular complexity index is 1100. The standard InChI is InChI=1S/C21H19F3N2O5/c1-2-3-4-16(27)25-10-14-15(11-25)26(19(29)17(18(14)28)20(30)31)9-12-5-7-13(8-6-12)21(22,23)24/h2,5-8,28H,1,3-4,9-11H2,(H,30,31). The number of fused-ring (bicyclic) bond motifs is 1. The molecule has 0 unspecified atom stereocenters. The minimum Gasteiger partial charge on any atom is -0.506 e. The monoisotopic (exact) mass is 436 g/mol. The maximum Gasteiger partial charge on any atom is 0.416 e. The number of hydrogen-bond donors (Lipinski definition) is 2. The number of aromatic hydroxyl groups is 1. The predicted molar refractivity (Wildman–Crippen MR) is 104 cm³/mol. The average Bonchev–Trinajstić information content (AvgIpc) is 3.14. The SMILES string of the molecule is C=CCCC(=O)N1Cc2c(O)c(C(=O)O)c(=O)n(Cc3ccc(C(F)(F)F)cc3)c2C1. The third-order valence-electron chi connectivity index (χ3n) is 5.10. The molecule has 2 heterocycles. The van der Waals surface area contributed by atoms with Gasteiger partial charge >= 0.3 is 12.1 Å². The van der Waals surface area contributed by atoms with Gasteiger partial charge in [-0.3, -0.25) is 9.59 Å². The largest absolute Gasteiger partial charge is 0.506 e. The zero-order valence-corrected chi connectivity index (χ0v) is 16.3. The number of carboxylic acids is 1. The predicted octanol–water partition coefficient (Wildman–Crippen LogP) is 3.13. The van der Waals surface area contributed by atoms with E-state index in [9.17, 15) is 37.8 Å². The highest BCUT2D eigenvalue weighted by molar-refractivity contribution is 5.91. The molecule has 0 aliphatic carbocycles. The Morgan fingerprint density at radius 1 is 1.16 bits per heavy atom. The molecule has 0 spiro atoms. The van der Waals surface area contributed by atoms with Crippen LogP contribution in [0.25, 0.3) is 0 Å². The third kappa shape index (κ3) is 4.32. The molecule has 164 valence electrons. The summed E-state index contributed by atoms with van der Waals surface area (Å²) in [6.07, 6.45) is -2.36. The molecule has 0 radical (unpaired) electrons. The molecule has 0 atom stereocenters. The van der Waals surface area contributed by atoms with Crippen molar-refractivity contribution in [2.75, 3.05) is 0 Å². The second-order valence-electron chi connectivity index (χ2n) is 7.12. The highest BCUT2D eigenvalue weighted by Crippen LogP contribution is 2.33. The Kier molecular flexibility index (Phi) is 5.92. The third-order valence-corrected chi connectivity index (χ3v) is 5.10. The number of alkyl halides is 3. The van der Waals surface area contributed by atoms with Gasteiger partial charge in [0.05, 0.1) is 25.2 Å². The molecule has 2 aromatic rings. The number of carbonyl (C=O) groups is 2. The number of halogens is 3. The molecule has 2 N–H and O–H groups in total. The Balaban J connectivity index is 2.03. The Labute approximate surface area is 174 Å². The summed E-state index contributed by atoms with van der Waals surface area (Å²) in [4.78, 5) is 38.1. The molecule has 31 heavy (non-hydrogen) atoms. The summed E-state index contributed by atoms with van der Waals surface area (Å²) in [6, 6.07) is 4.11. The van der Waals surface area contributed by atoms with Gasteiger partial charge in [0.1, 0.15) is 5.75 Å². The van der Waals surface area contributed by atoms with E-state index in [2.05, 4.69) is 6.58 Å². The van der Waals surface area contributed by atoms with Crippen molar-refractivity contribution in [2.24, 2.45) is 0 Å². The van der Waals surface area contributed by atoms with Crippen LogP contribution in [-0.2, 0) is 30.6 Å². The average molecular weight is 436 g/mol. The van der Waals surface area contributed by atoms with E-state index in [4.69, 9.17) is 0 Å². The van der Waals surface area contributed by atoms with Crippen LogP contribution in [0.5, 0.6) is 5.75 Å². The lowest BCUT2D eigenvalue weighted by Crippen LogP contribution is -2.30. The second-order valence-corrected chi connectivity index (χ2v) is 7.12. The van der Waals surface area contributed by atoms with Gasteiger partial charge in [0.2, 0.25) is 5.91 Å². The zero-order valence-electron chi connectivity index (χ0n) is 16.3. The summed E-state index contributed by atoms with van der Waals surface area (Å²) in [5.41, 5.74) is -1.98. The molecule has 1 aromatic carbocycles. The quantitative estimate of drug-likeness (QED) is 0.678. The van der Waals surface area contributed by atoms with Crippen molar-refractivity contribution >= 4 is 11.9 Å². The molecule has 1 amide bonds. The molecule has 0 saturated carbocycles. The lowest BCUT2D eigenvalue weighted by atomic mass is 10.1. The molecule has 1 aliphatic rings. The van der Waals surface area contributed by atoms with Crippen molar-refractivity contribution in [3.8, 4) is 5.75 Å². The number of aromatic nitrogens is 1. The highest BCUT2D eigenvalue weighted by Gasteiger charge is 2.33. The van der Waals surface area contributed by atoms with E-state index in [-0.39, 0.29) is 43.2 Å². The van der Waals surface area contributed by atoms with Gasteiger partial charge in [-0.15, -0.1) is 6.58 Å². The first-order valence-corrected chi connectivity index (χ1v) is 9.30. The number of rotatable bonds is 6. The molecule has 7 nitrogen and oxygen atoms in total. The highest BCUT2D eigenvalue weighted by atomic mass is 19.4. The van der Waals surface area contributed by atoms with Gasteiger partial charge in [0.25, 0.3) is 5.56 Å². The van der Waals surface area contributed by atoms with Gasteiger partial charge in [-0.25, -0.2) is 4.79 Å². The number of benzene rings is 1. The maximum absolute atomic E-state index is 12.8. The number of amides is 1. The molecule has 0 bridgehead atoms. The fraction of sp³-hybridized carbons (Fsp3) is 0.286. The lowest BCUT2D eigenvalue weighted by Gasteiger charge is -2.16. The molecular formula is C21H19F3N2O5. The van der Waals surface area contributed by atoms with Crippen LogP contribution in [0.2, 0.25) is 0 Å². The Hall–Kier alpha value is -3.56. The molecule has 0 fully saturated rings. The van der Waals surface area contributed by atoms with Gasteiger partial charge in [0, 0.05) is 17.7 Å². The van der Waals surface area contributed by atoms with Crippen LogP contribution in [0.3, 0.4) is 0 Å². The zero-order chi connectivity index (χ0) is 22.9. The van der Waals surface area contributed by atoms with Crippen molar-refractivity contribution < 1.29 is 33.0 Å². The van der Waals surface area contributed by atoms with Crippen molar-refractivity contribution in [1.29, 1.82) is 0 Å². The van der Waals surface area contributed by atoms with Gasteiger partial charge in [0.15, 0.2) is 5.56 Å². The minimum atomic E-state index is -4.52. The summed E-state index contributed by atoms with van der Waals surface area (Å²) < 4.78 is 39.5. The minimum absolute atomic E-state index is 0.0331. The van der Waals surface area contributed by atoms with Crippen LogP contribution in [0.15, 0.2) is 41.7 Å². The van der Waals surface area contributed by atoms with Crippen LogP contribution in [-0.4, -0.2) is 31.6 Å². The van der Waals surface area contributed by atoms with E-state index in [0.29, 0.717) is 12.0 Å². The summed E-state index contributed by atoms with van der Waals surface area (Å²) in [7, 11) is 0. The Morgan fingerprint density at radius 2 is 1.81 bits per heavy atom. The van der Waals surface area contributed by atoms with E-state index >= 15 is 0 Å². The molecule has 1 aliphatic heterocycles. The van der Waals surface area contributed by atoms with Crippen LogP contribution in [0.1, 0.15) is 45.6 Å². The molecule has 1 aromatic heterocycles. The van der Waals surface area contributed by atoms with Gasteiger partial charge in [-0.05, 0) is 24.1 Å². The maximum atomic E-state index is 12.8. The van der Waals surface area contributed by atoms with Crippen molar-refractivity contribution in [3.05, 3.63) is 75.2 Å². The summed E-state index contributed by atoms with van der Waals surface area (Å²) >= 11 is 0. The van der Waals surface area contributed by atoms with Crippen molar-refractivity contribution in [3.63, 3.8) is 0 Å². The summed E-state index contributed by atoms with van der Waals surface area (Å²) in [5, 5.41) is 19.8. The van der Waals surface area contributed by atoms with Gasteiger partial charge in [-0.2, -0.15) is 13.2 Å².